The Morgan fingerprint density at radius 2 is 1.65 bits per heavy atom. The van der Waals surface area contributed by atoms with E-state index in [0.717, 1.165) is 23.5 Å². The molecule has 1 aromatic heterocycles. The summed E-state index contributed by atoms with van der Waals surface area (Å²) in [6, 6.07) is 9.57. The minimum Gasteiger partial charge on any atom is -0.318 e. The Kier molecular flexibility index (Phi) is 7.60. The van der Waals surface area contributed by atoms with Crippen molar-refractivity contribution in [2.75, 3.05) is 5.32 Å². The summed E-state index contributed by atoms with van der Waals surface area (Å²) in [6.45, 7) is 3.65. The summed E-state index contributed by atoms with van der Waals surface area (Å²) in [5, 5.41) is 6.29. The maximum absolute atomic E-state index is 13.0. The van der Waals surface area contributed by atoms with E-state index in [-0.39, 0.29) is 5.69 Å². The fraction of sp³-hybridized carbons (Fsp3) is 0.136. The lowest BCUT2D eigenvalue weighted by Crippen LogP contribution is -2.32. The van der Waals surface area contributed by atoms with Crippen molar-refractivity contribution in [3.63, 3.8) is 0 Å². The smallest absolute Gasteiger partial charge is 0.318 e. The molecule has 0 saturated carbocycles. The van der Waals surface area contributed by atoms with E-state index in [4.69, 9.17) is 34.8 Å². The SMILES string of the molecule is Cc1cc(/C=N\NC(=O)C(=O)Nc2ccc(Cl)c(C(F)(F)F)c2)c(C)n1-c1cc(Cl)ccc1Cl. The third-order valence-corrected chi connectivity index (χ3v) is 5.61. The maximum atomic E-state index is 13.0. The van der Waals surface area contributed by atoms with Crippen molar-refractivity contribution in [3.8, 4) is 5.69 Å². The van der Waals surface area contributed by atoms with Crippen LogP contribution in [-0.4, -0.2) is 22.6 Å². The van der Waals surface area contributed by atoms with Gasteiger partial charge in [0, 0.05) is 27.7 Å². The first-order chi connectivity index (χ1) is 15.9. The summed E-state index contributed by atoms with van der Waals surface area (Å²) >= 11 is 17.9. The number of halogens is 6. The lowest BCUT2D eigenvalue weighted by molar-refractivity contribution is -0.137. The first kappa shape index (κ1) is 25.6. The molecule has 0 aliphatic rings. The van der Waals surface area contributed by atoms with Gasteiger partial charge in [-0.2, -0.15) is 18.3 Å². The zero-order valence-electron chi connectivity index (χ0n) is 17.6. The molecule has 0 spiro atoms. The van der Waals surface area contributed by atoms with Gasteiger partial charge in [-0.15, -0.1) is 0 Å². The van der Waals surface area contributed by atoms with Crippen molar-refractivity contribution < 1.29 is 22.8 Å². The van der Waals surface area contributed by atoms with Gasteiger partial charge < -0.3 is 9.88 Å². The molecule has 2 aromatic carbocycles. The highest BCUT2D eigenvalue weighted by molar-refractivity contribution is 6.39. The second kappa shape index (κ2) is 10.1. The number of anilines is 1. The molecule has 0 aliphatic heterocycles. The Morgan fingerprint density at radius 3 is 2.32 bits per heavy atom. The minimum absolute atomic E-state index is 0.247. The molecule has 3 aromatic rings. The molecule has 0 saturated heterocycles. The van der Waals surface area contributed by atoms with E-state index >= 15 is 0 Å². The van der Waals surface area contributed by atoms with Crippen LogP contribution in [0.5, 0.6) is 0 Å². The third kappa shape index (κ3) is 5.72. The third-order valence-electron chi connectivity index (χ3n) is 4.72. The highest BCUT2D eigenvalue weighted by atomic mass is 35.5. The van der Waals surface area contributed by atoms with Gasteiger partial charge in [-0.3, -0.25) is 9.59 Å². The molecule has 1 heterocycles. The maximum Gasteiger partial charge on any atom is 0.417 e. The Morgan fingerprint density at radius 1 is 0.971 bits per heavy atom. The van der Waals surface area contributed by atoms with Crippen LogP contribution < -0.4 is 10.7 Å². The number of amides is 2. The number of hydrogen-bond acceptors (Lipinski definition) is 3. The fourth-order valence-electron chi connectivity index (χ4n) is 3.17. The van der Waals surface area contributed by atoms with Crippen LogP contribution in [-0.2, 0) is 15.8 Å². The van der Waals surface area contributed by atoms with Gasteiger partial charge >= 0.3 is 18.0 Å². The van der Waals surface area contributed by atoms with Crippen LogP contribution in [0.2, 0.25) is 15.1 Å². The minimum atomic E-state index is -4.72. The summed E-state index contributed by atoms with van der Waals surface area (Å²) in [5.41, 5.74) is 3.49. The molecular weight excluding hydrogens is 516 g/mol. The molecule has 2 amide bonds. The average Bonchev–Trinajstić information content (AvgIpc) is 3.03. The first-order valence-corrected chi connectivity index (χ1v) is 10.7. The van der Waals surface area contributed by atoms with E-state index in [1.165, 1.54) is 6.21 Å². The number of carbonyl (C=O) groups excluding carboxylic acids is 2. The van der Waals surface area contributed by atoms with E-state index in [1.54, 1.807) is 31.2 Å². The van der Waals surface area contributed by atoms with Crippen LogP contribution in [0.4, 0.5) is 18.9 Å². The number of nitrogens with one attached hydrogen (secondary N) is 2. The summed E-state index contributed by atoms with van der Waals surface area (Å²) in [5.74, 6) is -2.38. The van der Waals surface area contributed by atoms with Crippen LogP contribution in [0.15, 0.2) is 47.6 Å². The Bertz CT molecular complexity index is 1300. The summed E-state index contributed by atoms with van der Waals surface area (Å²) in [4.78, 5) is 24.1. The predicted octanol–water partition coefficient (Wildman–Crippen LogP) is 6.16. The standard InChI is InChI=1S/C22H16Cl3F3N4O2/c1-11-7-13(12(2)32(11)19-8-14(23)3-5-18(19)25)10-29-31-21(34)20(33)30-15-4-6-17(24)16(9-15)22(26,27)28/h3-10H,1-2H3,(H,30,33)(H,31,34)/b29-10-. The zero-order valence-corrected chi connectivity index (χ0v) is 19.9. The van der Waals surface area contributed by atoms with Gasteiger partial charge in [0.05, 0.1) is 27.5 Å². The average molecular weight is 532 g/mol. The topological polar surface area (TPSA) is 75.5 Å². The van der Waals surface area contributed by atoms with Crippen molar-refractivity contribution in [2.24, 2.45) is 5.10 Å². The molecule has 0 atom stereocenters. The van der Waals surface area contributed by atoms with Crippen LogP contribution >= 0.6 is 34.8 Å². The summed E-state index contributed by atoms with van der Waals surface area (Å²) < 4.78 is 40.7. The number of benzene rings is 2. The number of rotatable bonds is 4. The summed E-state index contributed by atoms with van der Waals surface area (Å²) in [6.07, 6.45) is -3.39. The molecule has 0 bridgehead atoms. The van der Waals surface area contributed by atoms with Gasteiger partial charge in [0.1, 0.15) is 0 Å². The van der Waals surface area contributed by atoms with Crippen molar-refractivity contribution in [1.29, 1.82) is 0 Å². The molecule has 6 nitrogen and oxygen atoms in total. The molecule has 178 valence electrons. The molecule has 0 radical (unpaired) electrons. The highest BCUT2D eigenvalue weighted by Crippen LogP contribution is 2.36. The van der Waals surface area contributed by atoms with Gasteiger partial charge in [0.25, 0.3) is 0 Å². The number of aromatic nitrogens is 1. The van der Waals surface area contributed by atoms with Gasteiger partial charge in [-0.1, -0.05) is 34.8 Å². The van der Waals surface area contributed by atoms with Gasteiger partial charge in [0.15, 0.2) is 0 Å². The molecule has 0 aliphatic carbocycles. The van der Waals surface area contributed by atoms with Gasteiger partial charge in [-0.05, 0) is 56.3 Å². The molecule has 12 heteroatoms. The van der Waals surface area contributed by atoms with Gasteiger partial charge in [0.2, 0.25) is 0 Å². The van der Waals surface area contributed by atoms with E-state index < -0.39 is 28.6 Å². The monoisotopic (exact) mass is 530 g/mol. The molecular formula is C22H16Cl3F3N4O2. The Labute approximate surface area is 207 Å². The van der Waals surface area contributed by atoms with E-state index in [9.17, 15) is 22.8 Å². The van der Waals surface area contributed by atoms with Gasteiger partial charge in [-0.25, -0.2) is 5.43 Å². The summed E-state index contributed by atoms with van der Waals surface area (Å²) in [7, 11) is 0. The molecule has 3 rings (SSSR count). The van der Waals surface area contributed by atoms with E-state index in [2.05, 4.69) is 10.4 Å². The number of aryl methyl sites for hydroxylation is 1. The van der Waals surface area contributed by atoms with Crippen molar-refractivity contribution in [3.05, 3.63) is 80.0 Å². The predicted molar refractivity (Wildman–Crippen MR) is 126 cm³/mol. The van der Waals surface area contributed by atoms with Crippen LogP contribution in [0, 0.1) is 13.8 Å². The largest absolute Gasteiger partial charge is 0.417 e. The lowest BCUT2D eigenvalue weighted by Gasteiger charge is -2.12. The number of hydrogen-bond donors (Lipinski definition) is 2. The van der Waals surface area contributed by atoms with Crippen LogP contribution in [0.3, 0.4) is 0 Å². The second-order valence-electron chi connectivity index (χ2n) is 7.10. The van der Waals surface area contributed by atoms with Crippen molar-refractivity contribution in [2.45, 2.75) is 20.0 Å². The number of alkyl halides is 3. The second-order valence-corrected chi connectivity index (χ2v) is 8.35. The molecule has 0 unspecified atom stereocenters. The van der Waals surface area contributed by atoms with Crippen LogP contribution in [0.1, 0.15) is 22.5 Å². The fourth-order valence-corrected chi connectivity index (χ4v) is 3.76. The number of nitrogens with zero attached hydrogens (tertiary/aromatic N) is 2. The normalized spacial score (nSPS) is 11.6. The van der Waals surface area contributed by atoms with Crippen molar-refractivity contribution >= 4 is 58.5 Å². The van der Waals surface area contributed by atoms with Crippen LogP contribution in [0.25, 0.3) is 5.69 Å². The molecule has 0 fully saturated rings. The quantitative estimate of drug-likeness (QED) is 0.240. The van der Waals surface area contributed by atoms with E-state index in [0.29, 0.717) is 27.4 Å². The van der Waals surface area contributed by atoms with E-state index in [1.807, 2.05) is 16.9 Å². The molecule has 2 N–H and O–H groups in total. The zero-order chi connectivity index (χ0) is 25.2. The highest BCUT2D eigenvalue weighted by Gasteiger charge is 2.33. The Hall–Kier alpha value is -3.01. The van der Waals surface area contributed by atoms with Crippen molar-refractivity contribution in [1.82, 2.24) is 9.99 Å². The first-order valence-electron chi connectivity index (χ1n) is 9.54. The lowest BCUT2D eigenvalue weighted by atomic mass is 10.2. The number of hydrazone groups is 1. The molecule has 34 heavy (non-hydrogen) atoms. The number of carbonyl (C=O) groups is 2. The Balaban J connectivity index is 1.71.